The lowest BCUT2D eigenvalue weighted by atomic mass is 10.1. The van der Waals surface area contributed by atoms with Crippen LogP contribution in [0.5, 0.6) is 0 Å². The van der Waals surface area contributed by atoms with Crippen LogP contribution in [0.15, 0.2) is 0 Å². The number of aliphatic hydroxyl groups excluding tert-OH is 1. The van der Waals surface area contributed by atoms with Crippen molar-refractivity contribution in [2.75, 3.05) is 7.05 Å². The zero-order valence-corrected chi connectivity index (χ0v) is 8.74. The standard InChI is InChI=1S/C11H21NO/c1-8(9-3-4-9)12(2)10-5-6-11(13)7-10/h8-11,13H,3-7H2,1-2H3. The number of nitrogens with zero attached hydrogens (tertiary/aromatic N) is 1. The minimum atomic E-state index is -0.0288. The molecule has 1 N–H and O–H groups in total. The van der Waals surface area contributed by atoms with Gasteiger partial charge in [-0.15, -0.1) is 0 Å². The first-order chi connectivity index (χ1) is 6.18. The van der Waals surface area contributed by atoms with Crippen molar-refractivity contribution < 1.29 is 5.11 Å². The van der Waals surface area contributed by atoms with Crippen LogP contribution >= 0.6 is 0 Å². The van der Waals surface area contributed by atoms with Gasteiger partial charge >= 0.3 is 0 Å². The molecule has 0 saturated heterocycles. The molecule has 3 atom stereocenters. The fourth-order valence-electron chi connectivity index (χ4n) is 2.55. The molecule has 0 aliphatic heterocycles. The zero-order chi connectivity index (χ0) is 9.42. The number of hydrogen-bond acceptors (Lipinski definition) is 2. The molecule has 0 aromatic rings. The van der Waals surface area contributed by atoms with E-state index in [1.807, 2.05) is 0 Å². The van der Waals surface area contributed by atoms with E-state index >= 15 is 0 Å². The normalized spacial score (nSPS) is 36.9. The van der Waals surface area contributed by atoms with Gasteiger partial charge in [0.25, 0.3) is 0 Å². The van der Waals surface area contributed by atoms with Crippen molar-refractivity contribution >= 4 is 0 Å². The second-order valence-corrected chi connectivity index (χ2v) is 4.86. The second-order valence-electron chi connectivity index (χ2n) is 4.86. The summed E-state index contributed by atoms with van der Waals surface area (Å²) in [4.78, 5) is 2.49. The predicted molar refractivity (Wildman–Crippen MR) is 53.6 cm³/mol. The zero-order valence-electron chi connectivity index (χ0n) is 8.74. The number of rotatable bonds is 3. The SMILES string of the molecule is CC(C1CC1)N(C)C1CCC(O)C1. The molecule has 3 unspecified atom stereocenters. The molecule has 2 aliphatic carbocycles. The Bertz CT molecular complexity index is 179. The first-order valence-electron chi connectivity index (χ1n) is 5.58. The van der Waals surface area contributed by atoms with Crippen LogP contribution < -0.4 is 0 Å². The molecule has 0 bridgehead atoms. The molecule has 2 rings (SSSR count). The first-order valence-corrected chi connectivity index (χ1v) is 5.58. The van der Waals surface area contributed by atoms with E-state index in [1.54, 1.807) is 0 Å². The number of aliphatic hydroxyl groups is 1. The van der Waals surface area contributed by atoms with Crippen molar-refractivity contribution in [1.29, 1.82) is 0 Å². The molecular weight excluding hydrogens is 162 g/mol. The molecular formula is C11H21NO. The van der Waals surface area contributed by atoms with Crippen molar-refractivity contribution in [1.82, 2.24) is 4.90 Å². The lowest BCUT2D eigenvalue weighted by molar-refractivity contribution is 0.137. The maximum Gasteiger partial charge on any atom is 0.0555 e. The third-order valence-electron chi connectivity index (χ3n) is 3.90. The maximum absolute atomic E-state index is 9.46. The van der Waals surface area contributed by atoms with Crippen LogP contribution in [0.25, 0.3) is 0 Å². The van der Waals surface area contributed by atoms with Gasteiger partial charge in [0.15, 0.2) is 0 Å². The Balaban J connectivity index is 1.84. The largest absolute Gasteiger partial charge is 0.393 e. The van der Waals surface area contributed by atoms with Crippen molar-refractivity contribution in [3.8, 4) is 0 Å². The van der Waals surface area contributed by atoms with Gasteiger partial charge in [0.05, 0.1) is 6.10 Å². The van der Waals surface area contributed by atoms with Crippen molar-refractivity contribution in [2.45, 2.75) is 57.2 Å². The molecule has 76 valence electrons. The number of hydrogen-bond donors (Lipinski definition) is 1. The van der Waals surface area contributed by atoms with E-state index in [1.165, 1.54) is 19.3 Å². The molecule has 2 aliphatic rings. The Morgan fingerprint density at radius 1 is 1.23 bits per heavy atom. The van der Waals surface area contributed by atoms with Gasteiger partial charge in [-0.3, -0.25) is 0 Å². The Morgan fingerprint density at radius 3 is 2.38 bits per heavy atom. The minimum Gasteiger partial charge on any atom is -0.393 e. The molecule has 2 fully saturated rings. The summed E-state index contributed by atoms with van der Waals surface area (Å²) in [5.41, 5.74) is 0. The lowest BCUT2D eigenvalue weighted by Crippen LogP contribution is -2.38. The predicted octanol–water partition coefficient (Wildman–Crippen LogP) is 1.63. The highest BCUT2D eigenvalue weighted by Gasteiger charge is 2.35. The highest BCUT2D eigenvalue weighted by atomic mass is 16.3. The third-order valence-corrected chi connectivity index (χ3v) is 3.90. The quantitative estimate of drug-likeness (QED) is 0.719. The summed E-state index contributed by atoms with van der Waals surface area (Å²) in [6.45, 7) is 2.34. The maximum atomic E-state index is 9.46. The van der Waals surface area contributed by atoms with Crippen LogP contribution in [-0.4, -0.2) is 35.2 Å². The highest BCUT2D eigenvalue weighted by Crippen LogP contribution is 2.37. The molecule has 13 heavy (non-hydrogen) atoms. The Hall–Kier alpha value is -0.0800. The summed E-state index contributed by atoms with van der Waals surface area (Å²) in [6.07, 6.45) is 6.00. The third kappa shape index (κ3) is 2.05. The van der Waals surface area contributed by atoms with Gasteiger partial charge in [0, 0.05) is 12.1 Å². The van der Waals surface area contributed by atoms with E-state index in [-0.39, 0.29) is 6.10 Å². The van der Waals surface area contributed by atoms with Crippen molar-refractivity contribution in [3.05, 3.63) is 0 Å². The van der Waals surface area contributed by atoms with Crippen molar-refractivity contribution in [2.24, 2.45) is 5.92 Å². The van der Waals surface area contributed by atoms with Crippen LogP contribution in [0.1, 0.15) is 39.0 Å². The molecule has 0 aromatic carbocycles. The van der Waals surface area contributed by atoms with E-state index in [9.17, 15) is 5.11 Å². The molecule has 0 radical (unpaired) electrons. The van der Waals surface area contributed by atoms with Gasteiger partial charge in [0.2, 0.25) is 0 Å². The molecule has 2 nitrogen and oxygen atoms in total. The van der Waals surface area contributed by atoms with Gasteiger partial charge in [-0.25, -0.2) is 0 Å². The van der Waals surface area contributed by atoms with Gasteiger partial charge in [-0.1, -0.05) is 0 Å². The van der Waals surface area contributed by atoms with Crippen LogP contribution in [0.2, 0.25) is 0 Å². The van der Waals surface area contributed by atoms with Crippen LogP contribution in [-0.2, 0) is 0 Å². The average Bonchev–Trinajstić information content (AvgIpc) is 2.87. The van der Waals surface area contributed by atoms with E-state index in [2.05, 4.69) is 18.9 Å². The molecule has 0 aromatic heterocycles. The monoisotopic (exact) mass is 183 g/mol. The summed E-state index contributed by atoms with van der Waals surface area (Å²) >= 11 is 0. The van der Waals surface area contributed by atoms with Crippen LogP contribution in [0, 0.1) is 5.92 Å². The smallest absolute Gasteiger partial charge is 0.0555 e. The average molecular weight is 183 g/mol. The van der Waals surface area contributed by atoms with Gasteiger partial charge < -0.3 is 10.0 Å². The summed E-state index contributed by atoms with van der Waals surface area (Å²) in [5.74, 6) is 0.947. The van der Waals surface area contributed by atoms with Gasteiger partial charge in [-0.05, 0) is 52.0 Å². The molecule has 2 heteroatoms. The Labute approximate surface area is 80.9 Å². The topological polar surface area (TPSA) is 23.5 Å². The highest BCUT2D eigenvalue weighted by molar-refractivity contribution is 4.89. The molecule has 2 saturated carbocycles. The Kier molecular flexibility index (Phi) is 2.61. The fraction of sp³-hybridized carbons (Fsp3) is 1.00. The van der Waals surface area contributed by atoms with Gasteiger partial charge in [0.1, 0.15) is 0 Å². The molecule has 0 heterocycles. The molecule has 0 amide bonds. The van der Waals surface area contributed by atoms with Gasteiger partial charge in [-0.2, -0.15) is 0 Å². The van der Waals surface area contributed by atoms with Crippen molar-refractivity contribution in [3.63, 3.8) is 0 Å². The van der Waals surface area contributed by atoms with E-state index in [0.717, 1.165) is 24.8 Å². The summed E-state index contributed by atoms with van der Waals surface area (Å²) in [5, 5.41) is 9.46. The van der Waals surface area contributed by atoms with E-state index in [4.69, 9.17) is 0 Å². The van der Waals surface area contributed by atoms with E-state index < -0.39 is 0 Å². The summed E-state index contributed by atoms with van der Waals surface area (Å²) < 4.78 is 0. The lowest BCUT2D eigenvalue weighted by Gasteiger charge is -2.30. The minimum absolute atomic E-state index is 0.0288. The second kappa shape index (κ2) is 3.58. The fourth-order valence-corrected chi connectivity index (χ4v) is 2.55. The Morgan fingerprint density at radius 2 is 1.92 bits per heavy atom. The van der Waals surface area contributed by atoms with Crippen LogP contribution in [0.4, 0.5) is 0 Å². The first kappa shape index (κ1) is 9.47. The summed E-state index contributed by atoms with van der Waals surface area (Å²) in [6, 6.07) is 1.38. The summed E-state index contributed by atoms with van der Waals surface area (Å²) in [7, 11) is 2.23. The molecule has 0 spiro atoms. The van der Waals surface area contributed by atoms with E-state index in [0.29, 0.717) is 6.04 Å². The van der Waals surface area contributed by atoms with Crippen LogP contribution in [0.3, 0.4) is 0 Å².